The van der Waals surface area contributed by atoms with Crippen LogP contribution in [0, 0.1) is 5.82 Å². The number of amides is 1. The van der Waals surface area contributed by atoms with E-state index in [1.54, 1.807) is 48.4 Å². The van der Waals surface area contributed by atoms with Crippen LogP contribution in [0.3, 0.4) is 0 Å². The largest absolute Gasteiger partial charge is 0.493 e. The summed E-state index contributed by atoms with van der Waals surface area (Å²) < 4.78 is 25.0. The van der Waals surface area contributed by atoms with Gasteiger partial charge < -0.3 is 14.8 Å². The van der Waals surface area contributed by atoms with Crippen molar-refractivity contribution in [3.63, 3.8) is 0 Å². The zero-order valence-corrected chi connectivity index (χ0v) is 18.2. The number of methoxy groups -OCH3 is 1. The van der Waals surface area contributed by atoms with Gasteiger partial charge in [0.25, 0.3) is 5.91 Å². The molecule has 1 N–H and O–H groups in total. The van der Waals surface area contributed by atoms with E-state index in [2.05, 4.69) is 5.32 Å². The number of rotatable bonds is 6. The van der Waals surface area contributed by atoms with Gasteiger partial charge in [0.2, 0.25) is 0 Å². The zero-order chi connectivity index (χ0) is 21.8. The van der Waals surface area contributed by atoms with E-state index in [1.807, 2.05) is 6.07 Å². The summed E-state index contributed by atoms with van der Waals surface area (Å²) in [5, 5.41) is 3.53. The van der Waals surface area contributed by atoms with Gasteiger partial charge >= 0.3 is 0 Å². The average molecular weight is 441 g/mol. The van der Waals surface area contributed by atoms with Crippen LogP contribution >= 0.6 is 12.2 Å². The van der Waals surface area contributed by atoms with Gasteiger partial charge in [0.15, 0.2) is 16.6 Å². The summed E-state index contributed by atoms with van der Waals surface area (Å²) in [6.07, 6.45) is 7.21. The standard InChI is InChI=1S/C24H25FN2O3S/c1-29-22-14-16(11-12-21(22)30-15-17-7-5-6-10-19(17)25)13-20-23(28)27(24(31)26-20)18-8-3-2-4-9-18/h5-7,10-14,18H,2-4,8-9,15H2,1H3,(H,26,31)/b20-13+. The van der Waals surface area contributed by atoms with Crippen molar-refractivity contribution in [3.05, 3.63) is 65.1 Å². The maximum atomic E-state index is 13.8. The van der Waals surface area contributed by atoms with Crippen LogP contribution in [0.4, 0.5) is 4.39 Å². The summed E-state index contributed by atoms with van der Waals surface area (Å²) in [6, 6.07) is 12.0. The van der Waals surface area contributed by atoms with Crippen LogP contribution < -0.4 is 14.8 Å². The Kier molecular flexibility index (Phi) is 6.51. The second-order valence-electron chi connectivity index (χ2n) is 7.75. The van der Waals surface area contributed by atoms with Gasteiger partial charge in [-0.25, -0.2) is 4.39 Å². The molecule has 2 aliphatic rings. The smallest absolute Gasteiger partial charge is 0.276 e. The van der Waals surface area contributed by atoms with Crippen LogP contribution in [-0.4, -0.2) is 29.1 Å². The van der Waals surface area contributed by atoms with Gasteiger partial charge in [-0.05, 0) is 54.9 Å². The van der Waals surface area contributed by atoms with E-state index < -0.39 is 0 Å². The highest BCUT2D eigenvalue weighted by molar-refractivity contribution is 7.80. The molecule has 7 heteroatoms. The fourth-order valence-corrected chi connectivity index (χ4v) is 4.39. The number of nitrogens with one attached hydrogen (secondary N) is 1. The summed E-state index contributed by atoms with van der Waals surface area (Å²) in [7, 11) is 1.54. The molecule has 4 rings (SSSR count). The SMILES string of the molecule is COc1cc(/C=C2/NC(=S)N(C3CCCCC3)C2=O)ccc1OCc1ccccc1F. The molecule has 1 aliphatic carbocycles. The van der Waals surface area contributed by atoms with Crippen molar-refractivity contribution >= 4 is 29.3 Å². The first-order valence-electron chi connectivity index (χ1n) is 10.5. The van der Waals surface area contributed by atoms with Gasteiger partial charge in [-0.2, -0.15) is 0 Å². The molecule has 0 unspecified atom stereocenters. The second kappa shape index (κ2) is 9.47. The lowest BCUT2D eigenvalue weighted by molar-refractivity contribution is -0.124. The maximum absolute atomic E-state index is 13.8. The van der Waals surface area contributed by atoms with Gasteiger partial charge in [-0.1, -0.05) is 43.5 Å². The van der Waals surface area contributed by atoms with Gasteiger partial charge in [0, 0.05) is 11.6 Å². The van der Waals surface area contributed by atoms with Crippen molar-refractivity contribution in [2.24, 2.45) is 0 Å². The lowest BCUT2D eigenvalue weighted by atomic mass is 9.94. The number of carbonyl (C=O) groups excluding carboxylic acids is 1. The van der Waals surface area contributed by atoms with E-state index in [0.717, 1.165) is 31.2 Å². The molecule has 0 aromatic heterocycles. The van der Waals surface area contributed by atoms with Crippen molar-refractivity contribution in [1.82, 2.24) is 10.2 Å². The highest BCUT2D eigenvalue weighted by Crippen LogP contribution is 2.31. The number of nitrogens with zero attached hydrogens (tertiary/aromatic N) is 1. The molecule has 1 saturated heterocycles. The Balaban J connectivity index is 1.49. The average Bonchev–Trinajstić information content (AvgIpc) is 3.07. The van der Waals surface area contributed by atoms with Crippen LogP contribution in [0.2, 0.25) is 0 Å². The lowest BCUT2D eigenvalue weighted by Crippen LogP contribution is -2.41. The minimum atomic E-state index is -0.313. The summed E-state index contributed by atoms with van der Waals surface area (Å²) in [4.78, 5) is 14.7. The maximum Gasteiger partial charge on any atom is 0.276 e. The summed E-state index contributed by atoms with van der Waals surface area (Å²) >= 11 is 5.43. The molecule has 0 spiro atoms. The molecule has 2 aromatic carbocycles. The Hall–Kier alpha value is -2.93. The molecule has 5 nitrogen and oxygen atoms in total. The zero-order valence-electron chi connectivity index (χ0n) is 17.4. The van der Waals surface area contributed by atoms with E-state index >= 15 is 0 Å². The second-order valence-corrected chi connectivity index (χ2v) is 8.13. The van der Waals surface area contributed by atoms with Crippen molar-refractivity contribution in [1.29, 1.82) is 0 Å². The molecule has 0 bridgehead atoms. The van der Waals surface area contributed by atoms with Crippen LogP contribution in [-0.2, 0) is 11.4 Å². The summed E-state index contributed by atoms with van der Waals surface area (Å²) in [5.41, 5.74) is 1.70. The third-order valence-corrected chi connectivity index (χ3v) is 5.99. The van der Waals surface area contributed by atoms with E-state index in [4.69, 9.17) is 21.7 Å². The van der Waals surface area contributed by atoms with Gasteiger partial charge in [-0.3, -0.25) is 9.69 Å². The van der Waals surface area contributed by atoms with Gasteiger partial charge in [-0.15, -0.1) is 0 Å². The van der Waals surface area contributed by atoms with Gasteiger partial charge in [0.1, 0.15) is 18.1 Å². The van der Waals surface area contributed by atoms with Crippen LogP contribution in [0.15, 0.2) is 48.2 Å². The Morgan fingerprint density at radius 3 is 2.68 bits per heavy atom. The molecule has 1 heterocycles. The molecule has 0 atom stereocenters. The number of carbonyl (C=O) groups is 1. The first kappa shape index (κ1) is 21.3. The number of hydrogen-bond acceptors (Lipinski definition) is 4. The molecule has 0 radical (unpaired) electrons. The third-order valence-electron chi connectivity index (χ3n) is 5.69. The fraction of sp³-hybridized carbons (Fsp3) is 0.333. The summed E-state index contributed by atoms with van der Waals surface area (Å²) in [6.45, 7) is 0.0914. The Bertz CT molecular complexity index is 1020. The molecule has 2 aromatic rings. The topological polar surface area (TPSA) is 50.8 Å². The van der Waals surface area contributed by atoms with Crippen molar-refractivity contribution in [2.75, 3.05) is 7.11 Å². The molecule has 1 saturated carbocycles. The molecule has 31 heavy (non-hydrogen) atoms. The Morgan fingerprint density at radius 1 is 1.16 bits per heavy atom. The molecule has 162 valence electrons. The predicted octanol–water partition coefficient (Wildman–Crippen LogP) is 4.80. The number of halogens is 1. The Labute approximate surface area is 186 Å². The number of hydrogen-bond donors (Lipinski definition) is 1. The van der Waals surface area contributed by atoms with Crippen LogP contribution in [0.1, 0.15) is 43.2 Å². The molecular formula is C24H25FN2O3S. The van der Waals surface area contributed by atoms with Gasteiger partial charge in [0.05, 0.1) is 7.11 Å². The van der Waals surface area contributed by atoms with E-state index in [1.165, 1.54) is 12.5 Å². The van der Waals surface area contributed by atoms with E-state index in [9.17, 15) is 9.18 Å². The minimum Gasteiger partial charge on any atom is -0.493 e. The van der Waals surface area contributed by atoms with Crippen molar-refractivity contribution < 1.29 is 18.7 Å². The number of thiocarbonyl (C=S) groups is 1. The third kappa shape index (κ3) is 4.71. The van der Waals surface area contributed by atoms with Crippen LogP contribution in [0.5, 0.6) is 11.5 Å². The summed E-state index contributed by atoms with van der Waals surface area (Å²) in [5.74, 6) is 0.601. The molecule has 2 fully saturated rings. The fourth-order valence-electron chi connectivity index (χ4n) is 4.05. The lowest BCUT2D eigenvalue weighted by Gasteiger charge is -2.29. The van der Waals surface area contributed by atoms with Crippen molar-refractivity contribution in [3.8, 4) is 11.5 Å². The molecule has 1 amide bonds. The normalized spacial score (nSPS) is 18.4. The van der Waals surface area contributed by atoms with E-state index in [0.29, 0.717) is 27.9 Å². The highest BCUT2D eigenvalue weighted by Gasteiger charge is 2.36. The van der Waals surface area contributed by atoms with Crippen molar-refractivity contribution in [2.45, 2.75) is 44.8 Å². The first-order valence-corrected chi connectivity index (χ1v) is 10.9. The monoisotopic (exact) mass is 440 g/mol. The highest BCUT2D eigenvalue weighted by atomic mass is 32.1. The number of benzene rings is 2. The van der Waals surface area contributed by atoms with E-state index in [-0.39, 0.29) is 24.4 Å². The first-order chi connectivity index (χ1) is 15.1. The molecular weight excluding hydrogens is 415 g/mol. The minimum absolute atomic E-state index is 0.0873. The predicted molar refractivity (Wildman–Crippen MR) is 121 cm³/mol. The van der Waals surface area contributed by atoms with Crippen LogP contribution in [0.25, 0.3) is 6.08 Å². The quantitative estimate of drug-likeness (QED) is 0.516. The molecule has 1 aliphatic heterocycles. The number of ether oxygens (including phenoxy) is 2. The Morgan fingerprint density at radius 2 is 1.94 bits per heavy atom.